The molecular formula is C10H10FNO. The van der Waals surface area contributed by atoms with Gasteiger partial charge in [-0.2, -0.15) is 0 Å². The van der Waals surface area contributed by atoms with Crippen molar-refractivity contribution in [3.8, 4) is 0 Å². The van der Waals surface area contributed by atoms with Gasteiger partial charge in [-0.3, -0.25) is 0 Å². The lowest BCUT2D eigenvalue weighted by molar-refractivity contribution is -0.107. The fraction of sp³-hybridized carbons (Fsp3) is 0.100. The first-order valence-corrected chi connectivity index (χ1v) is 3.88. The van der Waals surface area contributed by atoms with Crippen molar-refractivity contribution in [2.45, 2.75) is 6.42 Å². The van der Waals surface area contributed by atoms with Crippen LogP contribution >= 0.6 is 0 Å². The van der Waals surface area contributed by atoms with E-state index in [1.165, 1.54) is 12.1 Å². The zero-order valence-corrected chi connectivity index (χ0v) is 7.03. The molecule has 1 aromatic carbocycles. The van der Waals surface area contributed by atoms with Crippen LogP contribution in [-0.4, -0.2) is 6.29 Å². The Labute approximate surface area is 75.9 Å². The number of carbonyl (C=O) groups excluding carboxylic acids is 1. The molecule has 1 aromatic rings. The number of nitrogens with two attached hydrogens (primary N) is 1. The number of nitrogen functional groups attached to an aromatic ring is 1. The maximum Gasteiger partial charge on any atom is 0.125 e. The second kappa shape index (κ2) is 4.40. The zero-order chi connectivity index (χ0) is 9.68. The van der Waals surface area contributed by atoms with Gasteiger partial charge in [-0.1, -0.05) is 12.2 Å². The van der Waals surface area contributed by atoms with Crippen LogP contribution in [0.1, 0.15) is 12.0 Å². The summed E-state index contributed by atoms with van der Waals surface area (Å²) in [5, 5.41) is 0. The molecule has 0 fully saturated rings. The number of hydrogen-bond acceptors (Lipinski definition) is 2. The standard InChI is InChI=1S/C10H10FNO/c11-9-5-8(3-1-2-4-13)6-10(12)7-9/h1,3-7H,2,12H2. The average molecular weight is 179 g/mol. The predicted molar refractivity (Wildman–Crippen MR) is 50.5 cm³/mol. The van der Waals surface area contributed by atoms with Gasteiger partial charge in [-0.25, -0.2) is 4.39 Å². The summed E-state index contributed by atoms with van der Waals surface area (Å²) < 4.78 is 12.8. The third-order valence-electron chi connectivity index (χ3n) is 1.49. The lowest BCUT2D eigenvalue weighted by Crippen LogP contribution is -1.87. The minimum absolute atomic E-state index is 0.330. The topological polar surface area (TPSA) is 43.1 Å². The number of benzene rings is 1. The Morgan fingerprint density at radius 3 is 2.77 bits per heavy atom. The molecule has 0 saturated carbocycles. The molecule has 68 valence electrons. The van der Waals surface area contributed by atoms with E-state index in [0.29, 0.717) is 17.7 Å². The van der Waals surface area contributed by atoms with Crippen LogP contribution < -0.4 is 5.73 Å². The van der Waals surface area contributed by atoms with Crippen molar-refractivity contribution < 1.29 is 9.18 Å². The molecule has 0 heterocycles. The van der Waals surface area contributed by atoms with Crippen LogP contribution in [0.3, 0.4) is 0 Å². The quantitative estimate of drug-likeness (QED) is 0.569. The highest BCUT2D eigenvalue weighted by molar-refractivity contribution is 5.60. The Bertz CT molecular complexity index is 313. The summed E-state index contributed by atoms with van der Waals surface area (Å²) in [7, 11) is 0. The molecule has 2 nitrogen and oxygen atoms in total. The van der Waals surface area contributed by atoms with Crippen LogP contribution in [0.15, 0.2) is 24.3 Å². The highest BCUT2D eigenvalue weighted by atomic mass is 19.1. The number of rotatable bonds is 3. The number of allylic oxidation sites excluding steroid dienone is 1. The molecule has 3 heteroatoms. The third kappa shape index (κ3) is 3.07. The Hall–Kier alpha value is -1.64. The third-order valence-corrected chi connectivity index (χ3v) is 1.49. The first-order chi connectivity index (χ1) is 6.22. The Morgan fingerprint density at radius 1 is 1.38 bits per heavy atom. The Kier molecular flexibility index (Phi) is 3.20. The molecule has 0 aliphatic heterocycles. The maximum atomic E-state index is 12.8. The van der Waals surface area contributed by atoms with E-state index in [1.54, 1.807) is 18.2 Å². The predicted octanol–water partition coefficient (Wildman–Crippen LogP) is 2.01. The summed E-state index contributed by atoms with van der Waals surface area (Å²) in [5.74, 6) is -0.370. The normalized spacial score (nSPS) is 10.5. The molecular weight excluding hydrogens is 169 g/mol. The number of hydrogen-bond donors (Lipinski definition) is 1. The minimum Gasteiger partial charge on any atom is -0.399 e. The molecule has 0 aliphatic carbocycles. The molecule has 0 atom stereocenters. The number of halogens is 1. The van der Waals surface area contributed by atoms with Crippen molar-refractivity contribution in [3.63, 3.8) is 0 Å². The molecule has 0 aliphatic rings. The molecule has 0 saturated heterocycles. The second-order valence-electron chi connectivity index (χ2n) is 2.62. The Balaban J connectivity index is 2.82. The van der Waals surface area contributed by atoms with Crippen molar-refractivity contribution in [2.75, 3.05) is 5.73 Å². The Morgan fingerprint density at radius 2 is 2.15 bits per heavy atom. The number of aldehydes is 1. The molecule has 0 spiro atoms. The first-order valence-electron chi connectivity index (χ1n) is 3.88. The molecule has 0 aromatic heterocycles. The van der Waals surface area contributed by atoms with E-state index in [1.807, 2.05) is 0 Å². The summed E-state index contributed by atoms with van der Waals surface area (Å²) in [6, 6.07) is 4.25. The average Bonchev–Trinajstić information content (AvgIpc) is 2.03. The fourth-order valence-corrected chi connectivity index (χ4v) is 0.992. The summed E-state index contributed by atoms with van der Waals surface area (Å²) in [4.78, 5) is 9.98. The van der Waals surface area contributed by atoms with E-state index in [-0.39, 0.29) is 5.82 Å². The van der Waals surface area contributed by atoms with Crippen LogP contribution in [-0.2, 0) is 4.79 Å². The lowest BCUT2D eigenvalue weighted by atomic mass is 10.2. The molecule has 0 unspecified atom stereocenters. The van der Waals surface area contributed by atoms with Crippen LogP contribution in [0.2, 0.25) is 0 Å². The van der Waals surface area contributed by atoms with Gasteiger partial charge in [-0.15, -0.1) is 0 Å². The van der Waals surface area contributed by atoms with Crippen molar-refractivity contribution in [3.05, 3.63) is 35.7 Å². The molecule has 2 N–H and O–H groups in total. The van der Waals surface area contributed by atoms with Crippen LogP contribution in [0.4, 0.5) is 10.1 Å². The van der Waals surface area contributed by atoms with Gasteiger partial charge < -0.3 is 10.5 Å². The van der Waals surface area contributed by atoms with Crippen molar-refractivity contribution in [1.29, 1.82) is 0 Å². The van der Waals surface area contributed by atoms with Crippen LogP contribution in [0, 0.1) is 5.82 Å². The van der Waals surface area contributed by atoms with Gasteiger partial charge in [-0.05, 0) is 23.8 Å². The van der Waals surface area contributed by atoms with E-state index < -0.39 is 0 Å². The minimum atomic E-state index is -0.370. The highest BCUT2D eigenvalue weighted by Gasteiger charge is 1.94. The van der Waals surface area contributed by atoms with Gasteiger partial charge in [0.2, 0.25) is 0 Å². The largest absolute Gasteiger partial charge is 0.399 e. The first kappa shape index (κ1) is 9.45. The summed E-state index contributed by atoms with van der Waals surface area (Å²) in [6.07, 6.45) is 4.42. The molecule has 0 amide bonds. The summed E-state index contributed by atoms with van der Waals surface area (Å²) >= 11 is 0. The number of carbonyl (C=O) groups is 1. The van der Waals surface area contributed by atoms with E-state index in [4.69, 9.17) is 5.73 Å². The van der Waals surface area contributed by atoms with Gasteiger partial charge in [0, 0.05) is 12.1 Å². The highest BCUT2D eigenvalue weighted by Crippen LogP contribution is 2.12. The summed E-state index contributed by atoms with van der Waals surface area (Å²) in [5.41, 5.74) is 6.47. The molecule has 0 bridgehead atoms. The summed E-state index contributed by atoms with van der Waals surface area (Å²) in [6.45, 7) is 0. The van der Waals surface area contributed by atoms with E-state index >= 15 is 0 Å². The molecule has 1 rings (SSSR count). The van der Waals surface area contributed by atoms with E-state index in [0.717, 1.165) is 6.29 Å². The van der Waals surface area contributed by atoms with E-state index in [2.05, 4.69) is 0 Å². The van der Waals surface area contributed by atoms with Gasteiger partial charge in [0.15, 0.2) is 0 Å². The number of anilines is 1. The van der Waals surface area contributed by atoms with E-state index in [9.17, 15) is 9.18 Å². The van der Waals surface area contributed by atoms with Crippen molar-refractivity contribution in [1.82, 2.24) is 0 Å². The SMILES string of the molecule is Nc1cc(F)cc(C=CCC=O)c1. The monoisotopic (exact) mass is 179 g/mol. The fourth-order valence-electron chi connectivity index (χ4n) is 0.992. The van der Waals surface area contributed by atoms with Crippen molar-refractivity contribution >= 4 is 18.0 Å². The zero-order valence-electron chi connectivity index (χ0n) is 7.03. The van der Waals surface area contributed by atoms with Crippen LogP contribution in [0.5, 0.6) is 0 Å². The maximum absolute atomic E-state index is 12.8. The van der Waals surface area contributed by atoms with Crippen molar-refractivity contribution in [2.24, 2.45) is 0 Å². The molecule has 0 radical (unpaired) electrons. The van der Waals surface area contributed by atoms with Gasteiger partial charge in [0.25, 0.3) is 0 Å². The van der Waals surface area contributed by atoms with Gasteiger partial charge in [0.1, 0.15) is 12.1 Å². The van der Waals surface area contributed by atoms with Gasteiger partial charge >= 0.3 is 0 Å². The van der Waals surface area contributed by atoms with Gasteiger partial charge in [0.05, 0.1) is 0 Å². The van der Waals surface area contributed by atoms with Crippen LogP contribution in [0.25, 0.3) is 6.08 Å². The lowest BCUT2D eigenvalue weighted by Gasteiger charge is -1.96. The molecule has 13 heavy (non-hydrogen) atoms. The second-order valence-corrected chi connectivity index (χ2v) is 2.62. The smallest absolute Gasteiger partial charge is 0.125 e.